The average Bonchev–Trinajstić information content (AvgIpc) is 3.18. The maximum atomic E-state index is 13.0. The number of fused-ring (bicyclic) bond motifs is 1. The first-order chi connectivity index (χ1) is 13.6. The number of para-hydroxylation sites is 3. The molecular formula is C22H19N3O2S. The molecule has 0 bridgehead atoms. The Hall–Kier alpha value is -3.25. The zero-order chi connectivity index (χ0) is 19.5. The standard InChI is InChI=1S/C22H19N3O2S/c1-15-7-2-3-8-16(15)24-21(26)14-25-19-10-5-4-9-17(19)23-18(13-22(25)27)20-11-6-12-28-20/h2-12H,13-14H2,1H3,(H,24,26). The molecule has 28 heavy (non-hydrogen) atoms. The molecule has 4 rings (SSSR count). The highest BCUT2D eigenvalue weighted by Crippen LogP contribution is 2.33. The average molecular weight is 389 g/mol. The highest BCUT2D eigenvalue weighted by molar-refractivity contribution is 7.12. The van der Waals surface area contributed by atoms with Crippen molar-refractivity contribution in [3.63, 3.8) is 0 Å². The number of aryl methyl sites for hydroxylation is 1. The van der Waals surface area contributed by atoms with Crippen LogP contribution in [0, 0.1) is 6.92 Å². The predicted octanol–water partition coefficient (Wildman–Crippen LogP) is 4.55. The van der Waals surface area contributed by atoms with Crippen LogP contribution in [0.25, 0.3) is 0 Å². The first-order valence-electron chi connectivity index (χ1n) is 8.98. The van der Waals surface area contributed by atoms with Crippen molar-refractivity contribution < 1.29 is 9.59 Å². The van der Waals surface area contributed by atoms with Crippen molar-refractivity contribution in [2.75, 3.05) is 16.8 Å². The van der Waals surface area contributed by atoms with Gasteiger partial charge in [-0.3, -0.25) is 9.59 Å². The maximum Gasteiger partial charge on any atom is 0.244 e. The highest BCUT2D eigenvalue weighted by atomic mass is 32.1. The van der Waals surface area contributed by atoms with E-state index in [9.17, 15) is 9.59 Å². The fourth-order valence-electron chi connectivity index (χ4n) is 3.15. The molecule has 0 saturated heterocycles. The van der Waals surface area contributed by atoms with Crippen LogP contribution in [0.15, 0.2) is 71.0 Å². The Bertz CT molecular complexity index is 1060. The van der Waals surface area contributed by atoms with Crippen LogP contribution in [-0.4, -0.2) is 24.1 Å². The van der Waals surface area contributed by atoms with Crippen molar-refractivity contribution in [1.29, 1.82) is 0 Å². The summed E-state index contributed by atoms with van der Waals surface area (Å²) in [5.41, 5.74) is 3.80. The van der Waals surface area contributed by atoms with E-state index in [2.05, 4.69) is 5.32 Å². The van der Waals surface area contributed by atoms with Crippen molar-refractivity contribution in [2.24, 2.45) is 4.99 Å². The van der Waals surface area contributed by atoms with E-state index in [0.29, 0.717) is 11.4 Å². The summed E-state index contributed by atoms with van der Waals surface area (Å²) in [5.74, 6) is -0.380. The SMILES string of the molecule is Cc1ccccc1NC(=O)CN1C(=O)CC(c2cccs2)=Nc2ccccc21. The number of carbonyl (C=O) groups excluding carboxylic acids is 2. The second kappa shape index (κ2) is 7.78. The van der Waals surface area contributed by atoms with Crippen LogP contribution < -0.4 is 10.2 Å². The molecule has 0 radical (unpaired) electrons. The Balaban J connectivity index is 1.61. The summed E-state index contributed by atoms with van der Waals surface area (Å²) in [5, 5.41) is 4.86. The maximum absolute atomic E-state index is 13.0. The van der Waals surface area contributed by atoms with Crippen molar-refractivity contribution in [2.45, 2.75) is 13.3 Å². The van der Waals surface area contributed by atoms with Crippen LogP contribution in [0.1, 0.15) is 16.9 Å². The van der Waals surface area contributed by atoms with Gasteiger partial charge in [-0.25, -0.2) is 4.99 Å². The highest BCUT2D eigenvalue weighted by Gasteiger charge is 2.27. The Kier molecular flexibility index (Phi) is 5.04. The lowest BCUT2D eigenvalue weighted by molar-refractivity contribution is -0.120. The Morgan fingerprint density at radius 1 is 1.11 bits per heavy atom. The van der Waals surface area contributed by atoms with Crippen LogP contribution in [0.3, 0.4) is 0 Å². The third kappa shape index (κ3) is 3.73. The number of thiophene rings is 1. The predicted molar refractivity (Wildman–Crippen MR) is 114 cm³/mol. The molecule has 140 valence electrons. The second-order valence-electron chi connectivity index (χ2n) is 6.54. The van der Waals surface area contributed by atoms with Gasteiger partial charge in [0.2, 0.25) is 11.8 Å². The summed E-state index contributed by atoms with van der Waals surface area (Å²) in [6.07, 6.45) is 0.160. The molecule has 0 saturated carbocycles. The Morgan fingerprint density at radius 2 is 1.89 bits per heavy atom. The van der Waals surface area contributed by atoms with Crippen molar-refractivity contribution >= 4 is 45.9 Å². The quantitative estimate of drug-likeness (QED) is 0.711. The minimum absolute atomic E-state index is 0.0581. The van der Waals surface area contributed by atoms with Crippen molar-refractivity contribution in [3.8, 4) is 0 Å². The lowest BCUT2D eigenvalue weighted by Gasteiger charge is -2.22. The second-order valence-corrected chi connectivity index (χ2v) is 7.49. The molecule has 0 fully saturated rings. The van der Waals surface area contributed by atoms with Crippen LogP contribution in [0.2, 0.25) is 0 Å². The lowest BCUT2D eigenvalue weighted by Crippen LogP contribution is -2.38. The van der Waals surface area contributed by atoms with Gasteiger partial charge in [0.05, 0.1) is 23.5 Å². The number of nitrogens with one attached hydrogen (secondary N) is 1. The fourth-order valence-corrected chi connectivity index (χ4v) is 3.86. The van der Waals surface area contributed by atoms with Gasteiger partial charge in [-0.15, -0.1) is 11.3 Å². The number of amides is 2. The summed E-state index contributed by atoms with van der Waals surface area (Å²) in [6.45, 7) is 1.88. The van der Waals surface area contributed by atoms with E-state index in [1.165, 1.54) is 4.90 Å². The first-order valence-corrected chi connectivity index (χ1v) is 9.86. The van der Waals surface area contributed by atoms with Gasteiger partial charge < -0.3 is 10.2 Å². The van der Waals surface area contributed by atoms with Gasteiger partial charge in [-0.2, -0.15) is 0 Å². The molecule has 0 unspecified atom stereocenters. The van der Waals surface area contributed by atoms with Crippen LogP contribution >= 0.6 is 11.3 Å². The number of hydrogen-bond acceptors (Lipinski definition) is 4. The molecule has 1 aliphatic rings. The zero-order valence-electron chi connectivity index (χ0n) is 15.4. The number of rotatable bonds is 4. The van der Waals surface area contributed by atoms with Gasteiger partial charge in [0, 0.05) is 10.6 Å². The molecular weight excluding hydrogens is 370 g/mol. The topological polar surface area (TPSA) is 61.8 Å². The molecule has 0 spiro atoms. The smallest absolute Gasteiger partial charge is 0.244 e. The van der Waals surface area contributed by atoms with E-state index in [0.717, 1.165) is 21.8 Å². The molecule has 1 aliphatic heterocycles. The molecule has 2 heterocycles. The van der Waals surface area contributed by atoms with Gasteiger partial charge in [-0.05, 0) is 42.1 Å². The summed E-state index contributed by atoms with van der Waals surface area (Å²) in [4.78, 5) is 32.9. The van der Waals surface area contributed by atoms with Gasteiger partial charge in [0.1, 0.15) is 6.54 Å². The zero-order valence-corrected chi connectivity index (χ0v) is 16.2. The molecule has 2 aromatic carbocycles. The van der Waals surface area contributed by atoms with E-state index in [4.69, 9.17) is 4.99 Å². The number of aliphatic imine (C=N–C) groups is 1. The molecule has 5 nitrogen and oxygen atoms in total. The van der Waals surface area contributed by atoms with E-state index in [-0.39, 0.29) is 24.8 Å². The Morgan fingerprint density at radius 3 is 2.68 bits per heavy atom. The third-order valence-electron chi connectivity index (χ3n) is 4.57. The minimum atomic E-state index is -0.239. The molecule has 0 atom stereocenters. The van der Waals surface area contributed by atoms with Gasteiger partial charge in [0.15, 0.2) is 0 Å². The third-order valence-corrected chi connectivity index (χ3v) is 5.49. The van der Waals surface area contributed by atoms with E-state index in [1.54, 1.807) is 11.3 Å². The van der Waals surface area contributed by atoms with E-state index >= 15 is 0 Å². The Labute approximate surface area is 167 Å². The normalized spacial score (nSPS) is 13.5. The number of anilines is 2. The summed E-state index contributed by atoms with van der Waals surface area (Å²) < 4.78 is 0. The molecule has 3 aromatic rings. The van der Waals surface area contributed by atoms with E-state index in [1.807, 2.05) is 73.0 Å². The van der Waals surface area contributed by atoms with Crippen LogP contribution in [-0.2, 0) is 9.59 Å². The molecule has 2 amide bonds. The summed E-state index contributed by atoms with van der Waals surface area (Å²) >= 11 is 1.55. The first kappa shape index (κ1) is 18.1. The fraction of sp³-hybridized carbons (Fsp3) is 0.136. The van der Waals surface area contributed by atoms with E-state index < -0.39 is 0 Å². The monoisotopic (exact) mass is 389 g/mol. The van der Waals surface area contributed by atoms with Gasteiger partial charge in [-0.1, -0.05) is 36.4 Å². The van der Waals surface area contributed by atoms with Crippen LogP contribution in [0.5, 0.6) is 0 Å². The summed E-state index contributed by atoms with van der Waals surface area (Å²) in [7, 11) is 0. The van der Waals surface area contributed by atoms with Crippen molar-refractivity contribution in [3.05, 3.63) is 76.5 Å². The van der Waals surface area contributed by atoms with Crippen molar-refractivity contribution in [1.82, 2.24) is 0 Å². The number of nitrogens with zero attached hydrogens (tertiary/aromatic N) is 2. The molecule has 0 aliphatic carbocycles. The number of hydrogen-bond donors (Lipinski definition) is 1. The molecule has 1 N–H and O–H groups in total. The molecule has 1 aromatic heterocycles. The number of carbonyl (C=O) groups is 2. The van der Waals surface area contributed by atoms with Crippen LogP contribution in [0.4, 0.5) is 17.1 Å². The summed E-state index contributed by atoms with van der Waals surface area (Å²) in [6, 6.07) is 18.9. The lowest BCUT2D eigenvalue weighted by atomic mass is 10.2. The largest absolute Gasteiger partial charge is 0.324 e. The van der Waals surface area contributed by atoms with Gasteiger partial charge >= 0.3 is 0 Å². The number of benzene rings is 2. The van der Waals surface area contributed by atoms with Gasteiger partial charge in [0.25, 0.3) is 0 Å². The minimum Gasteiger partial charge on any atom is -0.324 e. The molecule has 6 heteroatoms.